The lowest BCUT2D eigenvalue weighted by atomic mass is 10.4. The van der Waals surface area contributed by atoms with Gasteiger partial charge in [-0.3, -0.25) is 10.1 Å². The van der Waals surface area contributed by atoms with Crippen LogP contribution < -0.4 is 5.32 Å². The fourth-order valence-corrected chi connectivity index (χ4v) is 3.12. The van der Waals surface area contributed by atoms with Crippen molar-refractivity contribution in [3.63, 3.8) is 0 Å². The lowest BCUT2D eigenvalue weighted by molar-refractivity contribution is 0.0520. The standard InChI is InChI=1S/C14H11N3O4S2/c1-2-20-13(19)9-7-23-14(16-9)17-11(18)8-6-22-12(15-8)10-4-3-5-21-10/h3-7H,2H2,1H3,(H,16,17,18). The lowest BCUT2D eigenvalue weighted by Crippen LogP contribution is -2.12. The largest absolute Gasteiger partial charge is 0.462 e. The summed E-state index contributed by atoms with van der Waals surface area (Å²) in [6.45, 7) is 1.98. The van der Waals surface area contributed by atoms with Crippen molar-refractivity contribution in [2.45, 2.75) is 6.92 Å². The van der Waals surface area contributed by atoms with Crippen molar-refractivity contribution in [1.82, 2.24) is 9.97 Å². The third-order valence-electron chi connectivity index (χ3n) is 2.68. The van der Waals surface area contributed by atoms with E-state index in [1.54, 1.807) is 30.7 Å². The minimum absolute atomic E-state index is 0.168. The number of hydrogen-bond donors (Lipinski definition) is 1. The molecule has 3 aromatic heterocycles. The van der Waals surface area contributed by atoms with Crippen LogP contribution in [0.5, 0.6) is 0 Å². The molecule has 0 bridgehead atoms. The first-order chi connectivity index (χ1) is 11.2. The second-order valence-electron chi connectivity index (χ2n) is 4.23. The summed E-state index contributed by atoms with van der Waals surface area (Å²) in [4.78, 5) is 31.9. The van der Waals surface area contributed by atoms with E-state index in [0.29, 0.717) is 15.9 Å². The van der Waals surface area contributed by atoms with E-state index in [1.165, 1.54) is 16.7 Å². The van der Waals surface area contributed by atoms with Gasteiger partial charge in [-0.2, -0.15) is 0 Å². The molecule has 9 heteroatoms. The molecule has 0 saturated carbocycles. The third-order valence-corrected chi connectivity index (χ3v) is 4.29. The molecule has 0 spiro atoms. The van der Waals surface area contributed by atoms with Gasteiger partial charge in [0.15, 0.2) is 21.6 Å². The first-order valence-electron chi connectivity index (χ1n) is 6.60. The highest BCUT2D eigenvalue weighted by Gasteiger charge is 2.16. The van der Waals surface area contributed by atoms with Gasteiger partial charge in [-0.25, -0.2) is 14.8 Å². The number of thiazole rings is 2. The summed E-state index contributed by atoms with van der Waals surface area (Å²) in [6.07, 6.45) is 1.54. The molecule has 23 heavy (non-hydrogen) atoms. The molecule has 0 atom stereocenters. The maximum absolute atomic E-state index is 12.2. The monoisotopic (exact) mass is 349 g/mol. The average Bonchev–Trinajstić information content (AvgIpc) is 3.28. The Morgan fingerprint density at radius 3 is 2.83 bits per heavy atom. The van der Waals surface area contributed by atoms with E-state index in [4.69, 9.17) is 9.15 Å². The number of amides is 1. The zero-order valence-electron chi connectivity index (χ0n) is 11.9. The normalized spacial score (nSPS) is 10.5. The molecule has 3 rings (SSSR count). The Bertz CT molecular complexity index is 823. The minimum atomic E-state index is -0.516. The average molecular weight is 349 g/mol. The molecule has 118 valence electrons. The number of nitrogens with zero attached hydrogens (tertiary/aromatic N) is 2. The number of hydrogen-bond acceptors (Lipinski definition) is 8. The fourth-order valence-electron chi connectivity index (χ4n) is 1.68. The Morgan fingerprint density at radius 2 is 2.09 bits per heavy atom. The quantitative estimate of drug-likeness (QED) is 0.710. The summed E-state index contributed by atoms with van der Waals surface area (Å²) in [5, 5.41) is 6.70. The van der Waals surface area contributed by atoms with Gasteiger partial charge in [0.05, 0.1) is 12.9 Å². The Kier molecular flexibility index (Phi) is 4.49. The summed E-state index contributed by atoms with van der Waals surface area (Å²) in [7, 11) is 0. The van der Waals surface area contributed by atoms with Crippen LogP contribution in [0.2, 0.25) is 0 Å². The van der Waals surface area contributed by atoms with Crippen molar-refractivity contribution in [2.24, 2.45) is 0 Å². The van der Waals surface area contributed by atoms with Gasteiger partial charge in [-0.1, -0.05) is 0 Å². The van der Waals surface area contributed by atoms with Crippen LogP contribution in [0.1, 0.15) is 27.9 Å². The molecule has 1 amide bonds. The summed E-state index contributed by atoms with van der Waals surface area (Å²) in [6, 6.07) is 3.52. The van der Waals surface area contributed by atoms with Crippen molar-refractivity contribution in [2.75, 3.05) is 11.9 Å². The highest BCUT2D eigenvalue weighted by molar-refractivity contribution is 7.14. The highest BCUT2D eigenvalue weighted by Crippen LogP contribution is 2.24. The van der Waals surface area contributed by atoms with Crippen molar-refractivity contribution in [3.8, 4) is 10.8 Å². The number of furan rings is 1. The first kappa shape index (κ1) is 15.4. The second-order valence-corrected chi connectivity index (χ2v) is 5.94. The van der Waals surface area contributed by atoms with Gasteiger partial charge in [-0.15, -0.1) is 22.7 Å². The molecule has 0 unspecified atom stereocenters. The van der Waals surface area contributed by atoms with Crippen LogP contribution in [0, 0.1) is 0 Å². The number of ether oxygens (including phenoxy) is 1. The molecule has 0 aliphatic rings. The zero-order chi connectivity index (χ0) is 16.2. The van der Waals surface area contributed by atoms with Gasteiger partial charge < -0.3 is 9.15 Å². The number of carbonyl (C=O) groups is 2. The SMILES string of the molecule is CCOC(=O)c1csc(NC(=O)c2csc(-c3ccco3)n2)n1. The smallest absolute Gasteiger partial charge is 0.357 e. The van der Waals surface area contributed by atoms with Crippen molar-refractivity contribution in [1.29, 1.82) is 0 Å². The summed E-state index contributed by atoms with van der Waals surface area (Å²) in [5.41, 5.74) is 0.427. The predicted octanol–water partition coefficient (Wildman–Crippen LogP) is 3.29. The maximum atomic E-state index is 12.2. The molecule has 0 aliphatic carbocycles. The van der Waals surface area contributed by atoms with Crippen LogP contribution in [-0.4, -0.2) is 28.5 Å². The molecule has 3 aromatic rings. The van der Waals surface area contributed by atoms with Crippen LogP contribution in [0.3, 0.4) is 0 Å². The third kappa shape index (κ3) is 3.46. The van der Waals surface area contributed by atoms with Crippen LogP contribution in [0.4, 0.5) is 5.13 Å². The molecule has 0 aromatic carbocycles. The topological polar surface area (TPSA) is 94.3 Å². The van der Waals surface area contributed by atoms with Gasteiger partial charge in [0, 0.05) is 10.8 Å². The Labute approximate surface area is 139 Å². The maximum Gasteiger partial charge on any atom is 0.357 e. The molecule has 7 nitrogen and oxygen atoms in total. The molecule has 0 saturated heterocycles. The van der Waals surface area contributed by atoms with Crippen molar-refractivity contribution < 1.29 is 18.7 Å². The first-order valence-corrected chi connectivity index (χ1v) is 8.36. The van der Waals surface area contributed by atoms with E-state index < -0.39 is 11.9 Å². The molecule has 3 heterocycles. The van der Waals surface area contributed by atoms with E-state index >= 15 is 0 Å². The molecule has 0 fully saturated rings. The van der Waals surface area contributed by atoms with Crippen molar-refractivity contribution in [3.05, 3.63) is 40.5 Å². The Balaban J connectivity index is 1.69. The van der Waals surface area contributed by atoms with Crippen molar-refractivity contribution >= 4 is 39.7 Å². The number of nitrogens with one attached hydrogen (secondary N) is 1. The van der Waals surface area contributed by atoms with Crippen LogP contribution in [0.15, 0.2) is 33.6 Å². The number of aromatic nitrogens is 2. The summed E-state index contributed by atoms with van der Waals surface area (Å²) < 4.78 is 10.1. The Hall–Kier alpha value is -2.52. The summed E-state index contributed by atoms with van der Waals surface area (Å²) >= 11 is 2.45. The van der Waals surface area contributed by atoms with Gasteiger partial charge in [-0.05, 0) is 19.1 Å². The fraction of sp³-hybridized carbons (Fsp3) is 0.143. The van der Waals surface area contributed by atoms with E-state index in [9.17, 15) is 9.59 Å². The number of rotatable bonds is 5. The number of esters is 1. The van der Waals surface area contributed by atoms with Gasteiger partial charge in [0.1, 0.15) is 5.69 Å². The van der Waals surface area contributed by atoms with Gasteiger partial charge >= 0.3 is 5.97 Å². The molecular weight excluding hydrogens is 338 g/mol. The minimum Gasteiger partial charge on any atom is -0.462 e. The highest BCUT2D eigenvalue weighted by atomic mass is 32.1. The predicted molar refractivity (Wildman–Crippen MR) is 85.8 cm³/mol. The summed E-state index contributed by atoms with van der Waals surface area (Å²) in [5.74, 6) is -0.310. The van der Waals surface area contributed by atoms with E-state index in [-0.39, 0.29) is 18.0 Å². The molecular formula is C14H11N3O4S2. The number of carbonyl (C=O) groups excluding carboxylic acids is 2. The molecule has 0 radical (unpaired) electrons. The van der Waals surface area contributed by atoms with Crippen LogP contribution in [0.25, 0.3) is 10.8 Å². The van der Waals surface area contributed by atoms with E-state index in [2.05, 4.69) is 15.3 Å². The second kappa shape index (κ2) is 6.71. The van der Waals surface area contributed by atoms with Crippen LogP contribution >= 0.6 is 22.7 Å². The van der Waals surface area contributed by atoms with E-state index in [0.717, 1.165) is 11.3 Å². The lowest BCUT2D eigenvalue weighted by Gasteiger charge is -1.98. The number of anilines is 1. The van der Waals surface area contributed by atoms with Crippen LogP contribution in [-0.2, 0) is 4.74 Å². The Morgan fingerprint density at radius 1 is 1.26 bits per heavy atom. The van der Waals surface area contributed by atoms with Gasteiger partial charge in [0.25, 0.3) is 5.91 Å². The zero-order valence-corrected chi connectivity index (χ0v) is 13.6. The molecule has 1 N–H and O–H groups in total. The van der Waals surface area contributed by atoms with E-state index in [1.807, 2.05) is 0 Å². The van der Waals surface area contributed by atoms with Gasteiger partial charge in [0.2, 0.25) is 0 Å². The molecule has 0 aliphatic heterocycles.